The second-order valence-electron chi connectivity index (χ2n) is 3.38. The summed E-state index contributed by atoms with van der Waals surface area (Å²) in [6.45, 7) is 1.15. The van der Waals surface area contributed by atoms with Crippen LogP contribution in [0.15, 0.2) is 11.1 Å². The first-order valence-corrected chi connectivity index (χ1v) is 7.40. The Bertz CT molecular complexity index is 543. The zero-order valence-corrected chi connectivity index (χ0v) is 11.6. The molecular formula is C8H12ClN3O6S. The largest absolute Gasteiger partial charge is 0.410 e. The van der Waals surface area contributed by atoms with Crippen molar-refractivity contribution in [2.24, 2.45) is 0 Å². The molecule has 0 bridgehead atoms. The van der Waals surface area contributed by atoms with Crippen molar-refractivity contribution in [3.8, 4) is 0 Å². The molecule has 0 N–H and O–H groups in total. The minimum atomic E-state index is -4.21. The molecule has 11 heteroatoms. The molecule has 19 heavy (non-hydrogen) atoms. The number of halogens is 1. The Morgan fingerprint density at radius 1 is 1.47 bits per heavy atom. The Morgan fingerprint density at radius 2 is 2.16 bits per heavy atom. The van der Waals surface area contributed by atoms with E-state index >= 15 is 0 Å². The Labute approximate surface area is 113 Å². The van der Waals surface area contributed by atoms with Gasteiger partial charge in [-0.05, 0) is 4.92 Å². The number of methoxy groups -OCH3 is 1. The van der Waals surface area contributed by atoms with Crippen molar-refractivity contribution in [3.63, 3.8) is 0 Å². The minimum Gasteiger partial charge on any atom is -0.382 e. The molecule has 0 radical (unpaired) electrons. The molecule has 1 heterocycles. The van der Waals surface area contributed by atoms with Gasteiger partial charge in [0.1, 0.15) is 0 Å². The molecule has 0 amide bonds. The first-order valence-electron chi connectivity index (χ1n) is 5.09. The molecule has 0 unspecified atom stereocenters. The van der Waals surface area contributed by atoms with Gasteiger partial charge in [0, 0.05) is 17.8 Å². The van der Waals surface area contributed by atoms with E-state index in [-0.39, 0.29) is 13.2 Å². The standard InChI is InChI=1S/C8H12ClN3O6S/c1-17-4-5-18-3-2-11-6-7(19(9,15)16)8(10-11)12(13)14/h6H,2-5H2,1H3. The van der Waals surface area contributed by atoms with Crippen molar-refractivity contribution in [3.05, 3.63) is 16.3 Å². The zero-order chi connectivity index (χ0) is 14.5. The summed E-state index contributed by atoms with van der Waals surface area (Å²) in [5.41, 5.74) is 0. The van der Waals surface area contributed by atoms with Crippen LogP contribution >= 0.6 is 10.7 Å². The van der Waals surface area contributed by atoms with E-state index in [1.54, 1.807) is 0 Å². The normalized spacial score (nSPS) is 11.7. The van der Waals surface area contributed by atoms with Gasteiger partial charge in [0.15, 0.2) is 0 Å². The molecule has 0 aliphatic heterocycles. The summed E-state index contributed by atoms with van der Waals surface area (Å²) in [7, 11) is 2.41. The van der Waals surface area contributed by atoms with Crippen LogP contribution < -0.4 is 0 Å². The molecule has 0 aliphatic rings. The lowest BCUT2D eigenvalue weighted by Crippen LogP contribution is -2.09. The Hall–Kier alpha value is -1.23. The summed E-state index contributed by atoms with van der Waals surface area (Å²) in [6, 6.07) is 0. The smallest absolute Gasteiger partial charge is 0.382 e. The number of nitrogens with zero attached hydrogens (tertiary/aromatic N) is 3. The van der Waals surface area contributed by atoms with E-state index in [1.165, 1.54) is 7.11 Å². The molecule has 0 saturated carbocycles. The Kier molecular flexibility index (Phi) is 5.66. The van der Waals surface area contributed by atoms with Crippen molar-refractivity contribution >= 4 is 25.6 Å². The van der Waals surface area contributed by atoms with Gasteiger partial charge in [-0.3, -0.25) is 0 Å². The summed E-state index contributed by atoms with van der Waals surface area (Å²) in [6.07, 6.45) is 1.00. The highest BCUT2D eigenvalue weighted by molar-refractivity contribution is 8.13. The van der Waals surface area contributed by atoms with Crippen LogP contribution in [0.3, 0.4) is 0 Å². The Morgan fingerprint density at radius 3 is 2.63 bits per heavy atom. The average molecular weight is 314 g/mol. The number of hydrogen-bond acceptors (Lipinski definition) is 7. The van der Waals surface area contributed by atoms with Crippen LogP contribution in [0.4, 0.5) is 5.82 Å². The fraction of sp³-hybridized carbons (Fsp3) is 0.625. The maximum absolute atomic E-state index is 11.1. The highest BCUT2D eigenvalue weighted by atomic mass is 35.7. The van der Waals surface area contributed by atoms with E-state index < -0.39 is 24.7 Å². The van der Waals surface area contributed by atoms with Gasteiger partial charge in [0.2, 0.25) is 4.90 Å². The van der Waals surface area contributed by atoms with Crippen LogP contribution in [0.5, 0.6) is 0 Å². The van der Waals surface area contributed by atoms with Gasteiger partial charge < -0.3 is 19.6 Å². The second-order valence-corrected chi connectivity index (χ2v) is 5.91. The van der Waals surface area contributed by atoms with E-state index in [4.69, 9.17) is 20.2 Å². The van der Waals surface area contributed by atoms with Gasteiger partial charge in [-0.25, -0.2) is 8.42 Å². The van der Waals surface area contributed by atoms with E-state index in [2.05, 4.69) is 5.10 Å². The summed E-state index contributed by atoms with van der Waals surface area (Å²) < 4.78 is 33.3. The number of hydrogen-bond donors (Lipinski definition) is 0. The van der Waals surface area contributed by atoms with Crippen LogP contribution in [0.1, 0.15) is 0 Å². The molecule has 0 saturated heterocycles. The predicted octanol–water partition coefficient (Wildman–Crippen LogP) is 0.382. The number of nitro groups is 1. The molecular weight excluding hydrogens is 302 g/mol. The third-order valence-electron chi connectivity index (χ3n) is 2.04. The van der Waals surface area contributed by atoms with Crippen LogP contribution in [0.2, 0.25) is 0 Å². The summed E-state index contributed by atoms with van der Waals surface area (Å²) >= 11 is 0. The molecule has 9 nitrogen and oxygen atoms in total. The average Bonchev–Trinajstić information content (AvgIpc) is 2.73. The number of aromatic nitrogens is 2. The molecule has 0 fully saturated rings. The van der Waals surface area contributed by atoms with Crippen molar-refractivity contribution in [2.75, 3.05) is 26.9 Å². The SMILES string of the molecule is COCCOCCn1cc(S(=O)(=O)Cl)c([N+](=O)[O-])n1. The number of ether oxygens (including phenoxy) is 2. The quantitative estimate of drug-likeness (QED) is 0.295. The molecule has 0 aliphatic carbocycles. The lowest BCUT2D eigenvalue weighted by molar-refractivity contribution is -0.392. The first-order chi connectivity index (χ1) is 8.86. The van der Waals surface area contributed by atoms with E-state index in [0.29, 0.717) is 13.2 Å². The third kappa shape index (κ3) is 4.74. The molecule has 1 rings (SSSR count). The molecule has 0 spiro atoms. The lowest BCUT2D eigenvalue weighted by Gasteiger charge is -2.01. The molecule has 0 atom stereocenters. The summed E-state index contributed by atoms with van der Waals surface area (Å²) in [4.78, 5) is 9.12. The van der Waals surface area contributed by atoms with Gasteiger partial charge in [-0.15, -0.1) is 0 Å². The van der Waals surface area contributed by atoms with Gasteiger partial charge >= 0.3 is 5.82 Å². The summed E-state index contributed by atoms with van der Waals surface area (Å²) in [5.74, 6) is -0.799. The monoisotopic (exact) mass is 313 g/mol. The van der Waals surface area contributed by atoms with E-state index in [9.17, 15) is 18.5 Å². The fourth-order valence-corrected chi connectivity index (χ4v) is 2.12. The maximum atomic E-state index is 11.1. The third-order valence-corrected chi connectivity index (χ3v) is 3.35. The van der Waals surface area contributed by atoms with Crippen molar-refractivity contribution in [1.29, 1.82) is 0 Å². The van der Waals surface area contributed by atoms with Crippen LogP contribution in [-0.4, -0.2) is 50.1 Å². The zero-order valence-electron chi connectivity index (χ0n) is 9.98. The van der Waals surface area contributed by atoms with Gasteiger partial charge in [0.05, 0.1) is 37.7 Å². The van der Waals surface area contributed by atoms with Gasteiger partial charge in [-0.2, -0.15) is 4.68 Å². The van der Waals surface area contributed by atoms with Crippen molar-refractivity contribution < 1.29 is 22.8 Å². The van der Waals surface area contributed by atoms with Crippen LogP contribution in [0.25, 0.3) is 0 Å². The van der Waals surface area contributed by atoms with Crippen LogP contribution in [0, 0.1) is 10.1 Å². The lowest BCUT2D eigenvalue weighted by atomic mass is 10.6. The highest BCUT2D eigenvalue weighted by Crippen LogP contribution is 2.24. The number of rotatable bonds is 8. The second kappa shape index (κ2) is 6.80. The topological polar surface area (TPSA) is 114 Å². The van der Waals surface area contributed by atoms with Crippen LogP contribution in [-0.2, 0) is 25.1 Å². The van der Waals surface area contributed by atoms with Gasteiger partial charge in [-0.1, -0.05) is 0 Å². The maximum Gasteiger partial charge on any atom is 0.410 e. The molecule has 1 aromatic heterocycles. The molecule has 108 valence electrons. The molecule has 1 aromatic rings. The minimum absolute atomic E-state index is 0.164. The predicted molar refractivity (Wildman–Crippen MR) is 64.6 cm³/mol. The van der Waals surface area contributed by atoms with Crippen molar-refractivity contribution in [1.82, 2.24) is 9.78 Å². The Balaban J connectivity index is 2.74. The van der Waals surface area contributed by atoms with E-state index in [1.807, 2.05) is 0 Å². The van der Waals surface area contributed by atoms with Crippen molar-refractivity contribution in [2.45, 2.75) is 11.4 Å². The van der Waals surface area contributed by atoms with Gasteiger partial charge in [0.25, 0.3) is 9.05 Å². The first kappa shape index (κ1) is 15.8. The fourth-order valence-electron chi connectivity index (χ4n) is 1.21. The highest BCUT2D eigenvalue weighted by Gasteiger charge is 2.29. The molecule has 0 aromatic carbocycles. The summed E-state index contributed by atoms with van der Waals surface area (Å²) in [5, 5.41) is 14.2. The van der Waals surface area contributed by atoms with E-state index in [0.717, 1.165) is 10.9 Å².